The van der Waals surface area contributed by atoms with Crippen LogP contribution in [-0.4, -0.2) is 11.0 Å². The lowest BCUT2D eigenvalue weighted by Crippen LogP contribution is -2.33. The van der Waals surface area contributed by atoms with Crippen LogP contribution in [0.4, 0.5) is 11.4 Å². The largest absolute Gasteiger partial charge is 0.381 e. The van der Waals surface area contributed by atoms with Gasteiger partial charge in [-0.15, -0.1) is 0 Å². The first-order chi connectivity index (χ1) is 9.38. The highest BCUT2D eigenvalue weighted by Crippen LogP contribution is 2.35. The van der Waals surface area contributed by atoms with E-state index in [2.05, 4.69) is 35.1 Å². The van der Waals surface area contributed by atoms with Gasteiger partial charge in [0.1, 0.15) is 0 Å². The number of aryl methyl sites for hydroxylation is 1. The van der Waals surface area contributed by atoms with Gasteiger partial charge < -0.3 is 5.32 Å². The lowest BCUT2D eigenvalue weighted by Gasteiger charge is -2.34. The highest BCUT2D eigenvalue weighted by atomic mass is 79.9. The molecule has 1 saturated carbocycles. The molecule has 0 heterocycles. The fourth-order valence-electron chi connectivity index (χ4n) is 3.06. The first-order valence-electron chi connectivity index (χ1n) is 7.09. The molecule has 20 heavy (non-hydrogen) atoms. The van der Waals surface area contributed by atoms with E-state index in [-0.39, 0.29) is 10.6 Å². The normalized spacial score (nSPS) is 26.3. The van der Waals surface area contributed by atoms with Crippen LogP contribution in [0.15, 0.2) is 16.6 Å². The van der Waals surface area contributed by atoms with Crippen molar-refractivity contribution in [3.8, 4) is 0 Å². The van der Waals surface area contributed by atoms with Gasteiger partial charge in [-0.1, -0.05) is 13.8 Å². The Hall–Kier alpha value is -1.10. The summed E-state index contributed by atoms with van der Waals surface area (Å²) in [5.74, 6) is 1.42. The summed E-state index contributed by atoms with van der Waals surface area (Å²) in [6, 6.07) is 3.91. The number of hydrogen-bond acceptors (Lipinski definition) is 3. The second-order valence-electron chi connectivity index (χ2n) is 6.02. The molecule has 1 aromatic rings. The Morgan fingerprint density at radius 3 is 2.65 bits per heavy atom. The topological polar surface area (TPSA) is 55.2 Å². The number of hydrogen-bond donors (Lipinski definition) is 1. The molecule has 1 N–H and O–H groups in total. The van der Waals surface area contributed by atoms with Gasteiger partial charge in [-0.05, 0) is 60.0 Å². The number of rotatable bonds is 3. The summed E-state index contributed by atoms with van der Waals surface area (Å²) in [4.78, 5) is 10.6. The minimum absolute atomic E-state index is 0.160. The second kappa shape index (κ2) is 6.12. The molecule has 0 saturated heterocycles. The molecule has 110 valence electrons. The fraction of sp³-hybridized carbons (Fsp3) is 0.600. The minimum Gasteiger partial charge on any atom is -0.381 e. The second-order valence-corrected chi connectivity index (χ2v) is 6.88. The third-order valence-corrected chi connectivity index (χ3v) is 4.91. The summed E-state index contributed by atoms with van der Waals surface area (Å²) in [5, 5.41) is 14.5. The zero-order chi connectivity index (χ0) is 14.9. The van der Waals surface area contributed by atoms with Crippen molar-refractivity contribution < 1.29 is 4.92 Å². The molecule has 4 nitrogen and oxygen atoms in total. The van der Waals surface area contributed by atoms with Crippen LogP contribution < -0.4 is 5.32 Å². The molecule has 3 atom stereocenters. The van der Waals surface area contributed by atoms with E-state index in [1.54, 1.807) is 13.0 Å². The number of nitrogens with one attached hydrogen (secondary N) is 1. The average molecular weight is 341 g/mol. The van der Waals surface area contributed by atoms with Crippen LogP contribution in [0.1, 0.15) is 38.7 Å². The van der Waals surface area contributed by atoms with E-state index < -0.39 is 0 Å². The van der Waals surface area contributed by atoms with Crippen molar-refractivity contribution in [3.63, 3.8) is 0 Å². The quantitative estimate of drug-likeness (QED) is 0.628. The Morgan fingerprint density at radius 1 is 1.35 bits per heavy atom. The molecule has 0 spiro atoms. The van der Waals surface area contributed by atoms with Crippen molar-refractivity contribution in [1.82, 2.24) is 0 Å². The SMILES string of the molecule is Cc1cc(NC2CCC(C)CC2C)c(Br)cc1[N+](=O)[O-]. The third-order valence-electron chi connectivity index (χ3n) is 4.25. The Balaban J connectivity index is 2.18. The molecule has 1 aromatic carbocycles. The van der Waals surface area contributed by atoms with Crippen molar-refractivity contribution >= 4 is 27.3 Å². The van der Waals surface area contributed by atoms with Crippen LogP contribution in [0.3, 0.4) is 0 Å². The summed E-state index contributed by atoms with van der Waals surface area (Å²) in [6.07, 6.45) is 3.64. The Labute approximate surface area is 128 Å². The van der Waals surface area contributed by atoms with Crippen molar-refractivity contribution in [3.05, 3.63) is 32.3 Å². The van der Waals surface area contributed by atoms with E-state index in [9.17, 15) is 10.1 Å². The van der Waals surface area contributed by atoms with Crippen LogP contribution >= 0.6 is 15.9 Å². The summed E-state index contributed by atoms with van der Waals surface area (Å²) >= 11 is 3.44. The van der Waals surface area contributed by atoms with E-state index in [0.717, 1.165) is 22.5 Å². The molecular formula is C15H21BrN2O2. The standard InChI is InChI=1S/C15H21BrN2O2/c1-9-4-5-13(10(2)6-9)17-14-7-11(3)15(18(19)20)8-12(14)16/h7-10,13,17H,4-6H2,1-3H3. The van der Waals surface area contributed by atoms with E-state index in [0.29, 0.717) is 17.5 Å². The van der Waals surface area contributed by atoms with E-state index in [4.69, 9.17) is 0 Å². The lowest BCUT2D eigenvalue weighted by atomic mass is 9.80. The van der Waals surface area contributed by atoms with Gasteiger partial charge in [0.2, 0.25) is 0 Å². The molecule has 3 unspecified atom stereocenters. The summed E-state index contributed by atoms with van der Waals surface area (Å²) < 4.78 is 0.764. The van der Waals surface area contributed by atoms with Gasteiger partial charge in [0.15, 0.2) is 0 Å². The van der Waals surface area contributed by atoms with Crippen molar-refractivity contribution in [2.45, 2.75) is 46.1 Å². The van der Waals surface area contributed by atoms with Gasteiger partial charge in [-0.25, -0.2) is 0 Å². The minimum atomic E-state index is -0.339. The zero-order valence-electron chi connectivity index (χ0n) is 12.1. The van der Waals surface area contributed by atoms with Crippen LogP contribution in [0.5, 0.6) is 0 Å². The van der Waals surface area contributed by atoms with Gasteiger partial charge in [-0.3, -0.25) is 10.1 Å². The van der Waals surface area contributed by atoms with Crippen LogP contribution in [-0.2, 0) is 0 Å². The first-order valence-corrected chi connectivity index (χ1v) is 7.89. The molecule has 1 aliphatic rings. The molecular weight excluding hydrogens is 320 g/mol. The monoisotopic (exact) mass is 340 g/mol. The smallest absolute Gasteiger partial charge is 0.273 e. The average Bonchev–Trinajstić information content (AvgIpc) is 2.36. The van der Waals surface area contributed by atoms with E-state index in [1.807, 2.05) is 6.07 Å². The molecule has 0 bridgehead atoms. The predicted octanol–water partition coefficient (Wildman–Crippen LogP) is 4.90. The predicted molar refractivity (Wildman–Crippen MR) is 85.1 cm³/mol. The highest BCUT2D eigenvalue weighted by molar-refractivity contribution is 9.10. The Bertz CT molecular complexity index is 519. The number of halogens is 1. The molecule has 0 radical (unpaired) electrons. The fourth-order valence-corrected chi connectivity index (χ4v) is 3.50. The van der Waals surface area contributed by atoms with E-state index in [1.165, 1.54) is 12.8 Å². The zero-order valence-corrected chi connectivity index (χ0v) is 13.7. The van der Waals surface area contributed by atoms with Crippen LogP contribution in [0.2, 0.25) is 0 Å². The summed E-state index contributed by atoms with van der Waals surface area (Å²) in [7, 11) is 0. The molecule has 0 aliphatic heterocycles. The van der Waals surface area contributed by atoms with Crippen molar-refractivity contribution in [2.75, 3.05) is 5.32 Å². The van der Waals surface area contributed by atoms with Crippen LogP contribution in [0, 0.1) is 28.9 Å². The van der Waals surface area contributed by atoms with Gasteiger partial charge in [-0.2, -0.15) is 0 Å². The number of nitro benzene ring substituents is 1. The highest BCUT2D eigenvalue weighted by Gasteiger charge is 2.26. The first kappa shape index (κ1) is 15.3. The van der Waals surface area contributed by atoms with Crippen LogP contribution in [0.25, 0.3) is 0 Å². The molecule has 1 fully saturated rings. The van der Waals surface area contributed by atoms with Gasteiger partial charge in [0, 0.05) is 27.8 Å². The maximum Gasteiger partial charge on any atom is 0.273 e. The Kier molecular flexibility index (Phi) is 4.68. The molecule has 2 rings (SSSR count). The third kappa shape index (κ3) is 3.32. The van der Waals surface area contributed by atoms with E-state index >= 15 is 0 Å². The molecule has 1 aliphatic carbocycles. The maximum absolute atomic E-state index is 10.9. The number of benzene rings is 1. The number of anilines is 1. The maximum atomic E-state index is 10.9. The molecule has 0 amide bonds. The van der Waals surface area contributed by atoms with Gasteiger partial charge in [0.05, 0.1) is 4.92 Å². The van der Waals surface area contributed by atoms with Crippen molar-refractivity contribution in [2.24, 2.45) is 11.8 Å². The number of nitrogens with zero attached hydrogens (tertiary/aromatic N) is 1. The molecule has 0 aromatic heterocycles. The van der Waals surface area contributed by atoms with Gasteiger partial charge >= 0.3 is 0 Å². The molecule has 5 heteroatoms. The Morgan fingerprint density at radius 2 is 2.05 bits per heavy atom. The lowest BCUT2D eigenvalue weighted by molar-refractivity contribution is -0.385. The van der Waals surface area contributed by atoms with Gasteiger partial charge in [0.25, 0.3) is 5.69 Å². The summed E-state index contributed by atoms with van der Waals surface area (Å²) in [5.41, 5.74) is 1.81. The summed E-state index contributed by atoms with van der Waals surface area (Å²) in [6.45, 7) is 6.36. The number of nitro groups is 1. The van der Waals surface area contributed by atoms with Crippen molar-refractivity contribution in [1.29, 1.82) is 0 Å².